The molecule has 0 atom stereocenters. The van der Waals surface area contributed by atoms with Crippen molar-refractivity contribution >= 4 is 86.7 Å². The van der Waals surface area contributed by atoms with Crippen LogP contribution in [0.1, 0.15) is 0 Å². The Labute approximate surface area is 149 Å². The molecule has 2 rings (SSSR count). The van der Waals surface area contributed by atoms with E-state index in [9.17, 15) is 0 Å². The molecule has 0 heterocycles. The molecule has 0 spiro atoms. The van der Waals surface area contributed by atoms with E-state index < -0.39 is 0 Å². The summed E-state index contributed by atoms with van der Waals surface area (Å²) in [6, 6.07) is 9.52. The van der Waals surface area contributed by atoms with Gasteiger partial charge in [-0.2, -0.15) is 0 Å². The van der Waals surface area contributed by atoms with Gasteiger partial charge in [0.1, 0.15) is 0 Å². The monoisotopic (exact) mass is 530 g/mol. The summed E-state index contributed by atoms with van der Waals surface area (Å²) in [7, 11) is 0. The van der Waals surface area contributed by atoms with Crippen molar-refractivity contribution in [3.8, 4) is 0 Å². The highest BCUT2D eigenvalue weighted by Gasteiger charge is 2.08. The number of para-hydroxylation sites is 1. The predicted octanol–water partition coefficient (Wildman–Crippen LogP) is 6.83. The lowest BCUT2D eigenvalue weighted by Gasteiger charge is -2.15. The van der Waals surface area contributed by atoms with Gasteiger partial charge >= 0.3 is 0 Å². The van der Waals surface area contributed by atoms with Crippen molar-refractivity contribution < 1.29 is 0 Å². The van der Waals surface area contributed by atoms with E-state index in [1.807, 2.05) is 30.3 Å². The van der Waals surface area contributed by atoms with Crippen LogP contribution >= 0.6 is 75.3 Å². The molecule has 2 nitrogen and oxygen atoms in total. The molecule has 2 aromatic rings. The van der Waals surface area contributed by atoms with Gasteiger partial charge in [-0.25, -0.2) is 0 Å². The maximum atomic E-state index is 5.97. The Morgan fingerprint density at radius 3 is 1.63 bits per heavy atom. The summed E-state index contributed by atoms with van der Waals surface area (Å²) in [5, 5.41) is 0.659. The van der Waals surface area contributed by atoms with E-state index in [0.29, 0.717) is 5.02 Å². The topological polar surface area (TPSA) is 24.1 Å². The minimum absolute atomic E-state index is 0.659. The first-order valence-electron chi connectivity index (χ1n) is 5.09. The molecule has 0 aliphatic heterocycles. The number of hydrogen-bond donors (Lipinski definition) is 2. The van der Waals surface area contributed by atoms with Crippen LogP contribution in [-0.2, 0) is 0 Å². The Hall–Kier alpha value is 0.250. The van der Waals surface area contributed by atoms with Crippen LogP contribution in [0.5, 0.6) is 0 Å². The van der Waals surface area contributed by atoms with E-state index >= 15 is 0 Å². The van der Waals surface area contributed by atoms with Crippen LogP contribution in [0, 0.1) is 0 Å². The maximum Gasteiger partial charge on any atom is 0.0824 e. The van der Waals surface area contributed by atoms with Crippen LogP contribution in [0.15, 0.2) is 48.2 Å². The largest absolute Gasteiger partial charge is 0.299 e. The fraction of sp³-hybridized carbons (Fsp3) is 0. The molecule has 2 N–H and O–H groups in total. The molecule has 7 heteroatoms. The molecule has 0 fully saturated rings. The van der Waals surface area contributed by atoms with Crippen molar-refractivity contribution in [1.82, 2.24) is 0 Å². The van der Waals surface area contributed by atoms with Gasteiger partial charge in [0.25, 0.3) is 0 Å². The van der Waals surface area contributed by atoms with E-state index in [0.717, 1.165) is 29.3 Å². The van der Waals surface area contributed by atoms with E-state index in [4.69, 9.17) is 11.6 Å². The number of hydrogen-bond acceptors (Lipinski definition) is 2. The Morgan fingerprint density at radius 2 is 1.16 bits per heavy atom. The predicted molar refractivity (Wildman–Crippen MR) is 95.9 cm³/mol. The Kier molecular flexibility index (Phi) is 5.60. The van der Waals surface area contributed by atoms with Gasteiger partial charge in [-0.3, -0.25) is 10.9 Å². The van der Waals surface area contributed by atoms with Crippen LogP contribution in [0.25, 0.3) is 0 Å². The molecule has 0 radical (unpaired) electrons. The Balaban J connectivity index is 2.24. The molecule has 0 aliphatic rings. The van der Waals surface area contributed by atoms with Gasteiger partial charge in [-0.1, -0.05) is 17.7 Å². The van der Waals surface area contributed by atoms with Crippen LogP contribution in [0.2, 0.25) is 5.02 Å². The van der Waals surface area contributed by atoms with Gasteiger partial charge < -0.3 is 0 Å². The van der Waals surface area contributed by atoms with Crippen molar-refractivity contribution in [2.45, 2.75) is 0 Å². The number of hydrazine groups is 1. The molecule has 0 bridgehead atoms. The third-order valence-electron chi connectivity index (χ3n) is 2.28. The maximum absolute atomic E-state index is 5.97. The van der Waals surface area contributed by atoms with Gasteiger partial charge in [0.15, 0.2) is 0 Å². The quantitative estimate of drug-likeness (QED) is 0.422. The second-order valence-corrected chi connectivity index (χ2v) is 7.44. The number of rotatable bonds is 3. The highest BCUT2D eigenvalue weighted by Crippen LogP contribution is 2.36. The second-order valence-electron chi connectivity index (χ2n) is 3.59. The van der Waals surface area contributed by atoms with Crippen molar-refractivity contribution in [2.75, 3.05) is 10.9 Å². The highest BCUT2D eigenvalue weighted by atomic mass is 79.9. The van der Waals surface area contributed by atoms with Crippen molar-refractivity contribution in [3.05, 3.63) is 53.2 Å². The zero-order valence-electron chi connectivity index (χ0n) is 9.28. The van der Waals surface area contributed by atoms with Crippen molar-refractivity contribution in [1.29, 1.82) is 0 Å². The fourth-order valence-electron chi connectivity index (χ4n) is 1.40. The lowest BCUT2D eigenvalue weighted by atomic mass is 10.3. The third-order valence-corrected chi connectivity index (χ3v) is 5.07. The summed E-state index contributed by atoms with van der Waals surface area (Å²) in [6.45, 7) is 0. The van der Waals surface area contributed by atoms with Crippen LogP contribution < -0.4 is 10.9 Å². The summed E-state index contributed by atoms with van der Waals surface area (Å²) < 4.78 is 3.64. The zero-order chi connectivity index (χ0) is 14.0. The molecular formula is C12H7Br4ClN2. The molecule has 0 saturated carbocycles. The van der Waals surface area contributed by atoms with Gasteiger partial charge in [0.05, 0.1) is 11.4 Å². The SMILES string of the molecule is Clc1cc(Br)c(NNc2c(Br)cccc2Br)c(Br)c1. The molecule has 0 unspecified atom stereocenters. The highest BCUT2D eigenvalue weighted by molar-refractivity contribution is 9.11. The van der Waals surface area contributed by atoms with Gasteiger partial charge in [-0.15, -0.1) is 0 Å². The summed E-state index contributed by atoms with van der Waals surface area (Å²) in [6.07, 6.45) is 0. The number of benzene rings is 2. The van der Waals surface area contributed by atoms with Crippen LogP contribution in [-0.4, -0.2) is 0 Å². The van der Waals surface area contributed by atoms with Crippen molar-refractivity contribution in [2.24, 2.45) is 0 Å². The van der Waals surface area contributed by atoms with E-state index in [1.54, 1.807) is 0 Å². The number of nitrogens with one attached hydrogen (secondary N) is 2. The van der Waals surface area contributed by atoms with Gasteiger partial charge in [0.2, 0.25) is 0 Å². The van der Waals surface area contributed by atoms with E-state index in [-0.39, 0.29) is 0 Å². The summed E-state index contributed by atoms with van der Waals surface area (Å²) in [5.41, 5.74) is 8.08. The standard InChI is InChI=1S/C12H7Br4ClN2/c13-7-2-1-3-8(14)11(7)18-19-12-9(15)4-6(17)5-10(12)16/h1-5,18-19H. The first kappa shape index (κ1) is 15.6. The Morgan fingerprint density at radius 1 is 0.737 bits per heavy atom. The Bertz CT molecular complexity index is 575. The molecule has 0 aromatic heterocycles. The van der Waals surface area contributed by atoms with E-state index in [2.05, 4.69) is 74.6 Å². The summed E-state index contributed by atoms with van der Waals surface area (Å²) >= 11 is 19.9. The summed E-state index contributed by atoms with van der Waals surface area (Å²) in [4.78, 5) is 0. The molecule has 0 amide bonds. The first-order valence-corrected chi connectivity index (χ1v) is 8.64. The average Bonchev–Trinajstić information content (AvgIpc) is 2.31. The second kappa shape index (κ2) is 6.80. The first-order chi connectivity index (χ1) is 8.99. The van der Waals surface area contributed by atoms with E-state index in [1.165, 1.54) is 0 Å². The lowest BCUT2D eigenvalue weighted by molar-refractivity contribution is 1.36. The lowest BCUT2D eigenvalue weighted by Crippen LogP contribution is -2.10. The normalized spacial score (nSPS) is 10.4. The molecule has 19 heavy (non-hydrogen) atoms. The van der Waals surface area contributed by atoms with Gasteiger partial charge in [-0.05, 0) is 88.0 Å². The number of halogens is 5. The molecule has 2 aromatic carbocycles. The van der Waals surface area contributed by atoms with Crippen molar-refractivity contribution in [3.63, 3.8) is 0 Å². The molecular weight excluding hydrogens is 527 g/mol. The van der Waals surface area contributed by atoms with Gasteiger partial charge in [0, 0.05) is 22.9 Å². The zero-order valence-corrected chi connectivity index (χ0v) is 16.4. The fourth-order valence-corrected chi connectivity index (χ4v) is 4.47. The third kappa shape index (κ3) is 3.88. The molecule has 100 valence electrons. The number of anilines is 2. The van der Waals surface area contributed by atoms with Crippen LogP contribution in [0.3, 0.4) is 0 Å². The smallest absolute Gasteiger partial charge is 0.0824 e. The average molecular weight is 534 g/mol. The molecule has 0 saturated heterocycles. The minimum Gasteiger partial charge on any atom is -0.299 e. The molecule has 0 aliphatic carbocycles. The van der Waals surface area contributed by atoms with Crippen LogP contribution in [0.4, 0.5) is 11.4 Å². The summed E-state index contributed by atoms with van der Waals surface area (Å²) in [5.74, 6) is 0. The minimum atomic E-state index is 0.659.